The Morgan fingerprint density at radius 1 is 1.13 bits per heavy atom. The molecule has 4 nitrogen and oxygen atoms in total. The highest BCUT2D eigenvalue weighted by molar-refractivity contribution is 5.92. The zero-order valence-electron chi connectivity index (χ0n) is 8.08. The van der Waals surface area contributed by atoms with Gasteiger partial charge < -0.3 is 4.57 Å². The third kappa shape index (κ3) is 1.43. The first-order valence-corrected chi connectivity index (χ1v) is 4.35. The van der Waals surface area contributed by atoms with Crippen molar-refractivity contribution in [2.75, 3.05) is 0 Å². The first-order valence-electron chi connectivity index (χ1n) is 4.35. The van der Waals surface area contributed by atoms with Crippen LogP contribution < -0.4 is 0 Å². The maximum atomic E-state index is 4.27. The number of benzene rings is 1. The zero-order chi connectivity index (χ0) is 9.54. The highest BCUT2D eigenvalue weighted by Gasteiger charge is 2.02. The van der Waals surface area contributed by atoms with Crippen molar-refractivity contribution in [3.05, 3.63) is 31.0 Å². The zero-order valence-corrected chi connectivity index (χ0v) is 8.90. The summed E-state index contributed by atoms with van der Waals surface area (Å²) in [5.74, 6) is 0. The maximum absolute atomic E-state index is 4.27. The standard InChI is InChI=1S/C10H8N4.ClH/c1-14-6-13-9-3-8-7(2-10(9)14)4-11-5-12-8;/h2-6H,1H3;1H. The minimum absolute atomic E-state index is 0. The van der Waals surface area contributed by atoms with Gasteiger partial charge in [0.2, 0.25) is 0 Å². The Labute approximate surface area is 92.4 Å². The molecule has 5 heteroatoms. The van der Waals surface area contributed by atoms with Gasteiger partial charge in [-0.2, -0.15) is 0 Å². The van der Waals surface area contributed by atoms with Crippen molar-refractivity contribution in [2.24, 2.45) is 7.05 Å². The van der Waals surface area contributed by atoms with Crippen LogP contribution >= 0.6 is 12.4 Å². The van der Waals surface area contributed by atoms with Crippen LogP contribution in [0.1, 0.15) is 0 Å². The molecule has 2 heterocycles. The Morgan fingerprint density at radius 2 is 2.00 bits per heavy atom. The van der Waals surface area contributed by atoms with Crippen LogP contribution in [0.5, 0.6) is 0 Å². The predicted octanol–water partition coefficient (Wildman–Crippen LogP) is 1.94. The fraction of sp³-hybridized carbons (Fsp3) is 0.100. The van der Waals surface area contributed by atoms with Crippen LogP contribution in [0.25, 0.3) is 21.9 Å². The molecule has 2 aromatic heterocycles. The topological polar surface area (TPSA) is 43.6 Å². The minimum atomic E-state index is 0. The Hall–Kier alpha value is -1.68. The first-order chi connectivity index (χ1) is 6.84. The number of nitrogens with zero attached hydrogens (tertiary/aromatic N) is 4. The van der Waals surface area contributed by atoms with E-state index in [1.807, 2.05) is 23.9 Å². The molecule has 0 radical (unpaired) electrons. The maximum Gasteiger partial charge on any atom is 0.116 e. The number of imidazole rings is 1. The van der Waals surface area contributed by atoms with E-state index >= 15 is 0 Å². The van der Waals surface area contributed by atoms with E-state index in [4.69, 9.17) is 0 Å². The van der Waals surface area contributed by atoms with Crippen molar-refractivity contribution in [1.29, 1.82) is 0 Å². The quantitative estimate of drug-likeness (QED) is 0.582. The molecule has 0 aliphatic heterocycles. The van der Waals surface area contributed by atoms with Crippen LogP contribution in [0.3, 0.4) is 0 Å². The van der Waals surface area contributed by atoms with Crippen molar-refractivity contribution in [1.82, 2.24) is 19.5 Å². The lowest BCUT2D eigenvalue weighted by Crippen LogP contribution is -1.85. The lowest BCUT2D eigenvalue weighted by atomic mass is 10.2. The van der Waals surface area contributed by atoms with Gasteiger partial charge >= 0.3 is 0 Å². The largest absolute Gasteiger partial charge is 0.334 e. The number of aryl methyl sites for hydroxylation is 1. The molecule has 1 aromatic carbocycles. The molecule has 76 valence electrons. The van der Waals surface area contributed by atoms with Gasteiger partial charge in [-0.1, -0.05) is 0 Å². The molecule has 0 amide bonds. The molecule has 15 heavy (non-hydrogen) atoms. The molecule has 0 saturated carbocycles. The monoisotopic (exact) mass is 220 g/mol. The van der Waals surface area contributed by atoms with Gasteiger partial charge in [-0.15, -0.1) is 12.4 Å². The molecule has 0 fully saturated rings. The minimum Gasteiger partial charge on any atom is -0.334 e. The first kappa shape index (κ1) is 9.86. The number of aromatic nitrogens is 4. The number of fused-ring (bicyclic) bond motifs is 2. The van der Waals surface area contributed by atoms with E-state index in [0.29, 0.717) is 0 Å². The van der Waals surface area contributed by atoms with E-state index in [1.54, 1.807) is 12.7 Å². The van der Waals surface area contributed by atoms with Crippen molar-refractivity contribution < 1.29 is 0 Å². The number of halogens is 1. The Morgan fingerprint density at radius 3 is 2.87 bits per heavy atom. The Balaban J connectivity index is 0.000000853. The Kier molecular flexibility index (Phi) is 2.28. The summed E-state index contributed by atoms with van der Waals surface area (Å²) < 4.78 is 1.99. The Bertz CT molecular complexity index is 617. The van der Waals surface area contributed by atoms with Gasteiger partial charge in [0.25, 0.3) is 0 Å². The SMILES string of the molecule is Cl.Cn1cnc2cc3ncncc3cc21. The summed E-state index contributed by atoms with van der Waals surface area (Å²) in [5.41, 5.74) is 3.01. The molecule has 3 rings (SSSR count). The molecule has 0 N–H and O–H groups in total. The number of hydrogen-bond acceptors (Lipinski definition) is 3. The molecule has 3 aromatic rings. The molecule has 0 aliphatic rings. The van der Waals surface area contributed by atoms with Gasteiger partial charge in [-0.3, -0.25) is 0 Å². The summed E-state index contributed by atoms with van der Waals surface area (Å²) in [4.78, 5) is 12.4. The van der Waals surface area contributed by atoms with Gasteiger partial charge in [-0.05, 0) is 12.1 Å². The molecular weight excluding hydrogens is 212 g/mol. The lowest BCUT2D eigenvalue weighted by molar-refractivity contribution is 0.948. The van der Waals surface area contributed by atoms with E-state index in [1.165, 1.54) is 0 Å². The normalized spacial score (nSPS) is 10.5. The molecule has 0 atom stereocenters. The van der Waals surface area contributed by atoms with Crippen LogP contribution in [0, 0.1) is 0 Å². The van der Waals surface area contributed by atoms with Gasteiger partial charge in [-0.25, -0.2) is 15.0 Å². The summed E-state index contributed by atoms with van der Waals surface area (Å²) in [6, 6.07) is 4.03. The van der Waals surface area contributed by atoms with Crippen LogP contribution in [-0.4, -0.2) is 19.5 Å². The van der Waals surface area contributed by atoms with Gasteiger partial charge in [0.15, 0.2) is 0 Å². The molecular formula is C10H9ClN4. The molecule has 0 bridgehead atoms. The summed E-state index contributed by atoms with van der Waals surface area (Å²) in [5, 5.41) is 1.05. The fourth-order valence-corrected chi connectivity index (χ4v) is 1.60. The van der Waals surface area contributed by atoms with Crippen molar-refractivity contribution in [3.63, 3.8) is 0 Å². The van der Waals surface area contributed by atoms with E-state index in [9.17, 15) is 0 Å². The second-order valence-electron chi connectivity index (χ2n) is 3.28. The second kappa shape index (κ2) is 3.47. The second-order valence-corrected chi connectivity index (χ2v) is 3.28. The van der Waals surface area contributed by atoms with Crippen molar-refractivity contribution in [3.8, 4) is 0 Å². The van der Waals surface area contributed by atoms with Crippen LogP contribution in [0.2, 0.25) is 0 Å². The van der Waals surface area contributed by atoms with Crippen molar-refractivity contribution in [2.45, 2.75) is 0 Å². The summed E-state index contributed by atoms with van der Waals surface area (Å²) in [6.07, 6.45) is 5.17. The lowest BCUT2D eigenvalue weighted by Gasteiger charge is -1.97. The van der Waals surface area contributed by atoms with Crippen LogP contribution in [-0.2, 0) is 7.05 Å². The summed E-state index contributed by atoms with van der Waals surface area (Å²) in [7, 11) is 1.98. The van der Waals surface area contributed by atoms with Gasteiger partial charge in [0, 0.05) is 18.6 Å². The summed E-state index contributed by atoms with van der Waals surface area (Å²) >= 11 is 0. The van der Waals surface area contributed by atoms with Crippen LogP contribution in [0.4, 0.5) is 0 Å². The van der Waals surface area contributed by atoms with Gasteiger partial charge in [0.05, 0.1) is 22.9 Å². The van der Waals surface area contributed by atoms with Crippen LogP contribution in [0.15, 0.2) is 31.0 Å². The molecule has 0 saturated heterocycles. The number of rotatable bonds is 0. The fourth-order valence-electron chi connectivity index (χ4n) is 1.60. The predicted molar refractivity (Wildman–Crippen MR) is 61.1 cm³/mol. The molecule has 0 unspecified atom stereocenters. The molecule has 0 spiro atoms. The van der Waals surface area contributed by atoms with Gasteiger partial charge in [0.1, 0.15) is 6.33 Å². The van der Waals surface area contributed by atoms with E-state index in [2.05, 4.69) is 21.0 Å². The highest BCUT2D eigenvalue weighted by Crippen LogP contribution is 2.18. The summed E-state index contributed by atoms with van der Waals surface area (Å²) in [6.45, 7) is 0. The smallest absolute Gasteiger partial charge is 0.116 e. The average Bonchev–Trinajstić information content (AvgIpc) is 2.57. The third-order valence-electron chi connectivity index (χ3n) is 2.35. The third-order valence-corrected chi connectivity index (χ3v) is 2.35. The average molecular weight is 221 g/mol. The van der Waals surface area contributed by atoms with Crippen molar-refractivity contribution >= 4 is 34.3 Å². The van der Waals surface area contributed by atoms with E-state index in [0.717, 1.165) is 21.9 Å². The highest BCUT2D eigenvalue weighted by atomic mass is 35.5. The molecule has 0 aliphatic carbocycles. The van der Waals surface area contributed by atoms with E-state index < -0.39 is 0 Å². The van der Waals surface area contributed by atoms with E-state index in [-0.39, 0.29) is 12.4 Å². The number of hydrogen-bond donors (Lipinski definition) is 0.